The van der Waals surface area contributed by atoms with Crippen molar-refractivity contribution in [2.24, 2.45) is 0 Å². The van der Waals surface area contributed by atoms with Crippen LogP contribution >= 0.6 is 0 Å². The molecule has 0 saturated carbocycles. The van der Waals surface area contributed by atoms with Crippen LogP contribution in [-0.2, 0) is 15.5 Å². The third kappa shape index (κ3) is 8.66. The molecule has 1 N–H and O–H groups in total. The summed E-state index contributed by atoms with van der Waals surface area (Å²) in [6, 6.07) is 0.572. The molecule has 0 bridgehead atoms. The zero-order chi connectivity index (χ0) is 10.8. The Balaban J connectivity index is 3.22. The maximum absolute atomic E-state index is 11.3. The topological polar surface area (TPSA) is 38.3 Å². The van der Waals surface area contributed by atoms with Gasteiger partial charge >= 0.3 is 0 Å². The normalized spacial score (nSPS) is 15.4. The summed E-state index contributed by atoms with van der Waals surface area (Å²) in [6.07, 6.45) is 3.38. The van der Waals surface area contributed by atoms with E-state index in [1.165, 1.54) is 0 Å². The summed E-state index contributed by atoms with van der Waals surface area (Å²) in [4.78, 5) is 0. The van der Waals surface area contributed by atoms with Crippen LogP contribution in [0, 0.1) is 0 Å². The van der Waals surface area contributed by atoms with Gasteiger partial charge in [-0.3, -0.25) is 4.21 Å². The van der Waals surface area contributed by atoms with E-state index in [9.17, 15) is 4.21 Å². The predicted octanol–water partition coefficient (Wildman–Crippen LogP) is 1.16. The van der Waals surface area contributed by atoms with Crippen molar-refractivity contribution < 1.29 is 8.95 Å². The number of hydrogen-bond donors (Lipinski definition) is 1. The molecule has 0 radical (unpaired) electrons. The molecule has 0 spiro atoms. The van der Waals surface area contributed by atoms with Gasteiger partial charge in [-0.2, -0.15) is 0 Å². The van der Waals surface area contributed by atoms with Crippen LogP contribution in [0.3, 0.4) is 0 Å². The van der Waals surface area contributed by atoms with Crippen LogP contribution in [0.15, 0.2) is 0 Å². The lowest BCUT2D eigenvalue weighted by molar-refractivity contribution is 0.218. The average molecular weight is 221 g/mol. The second-order valence-corrected chi connectivity index (χ2v) is 5.22. The lowest BCUT2D eigenvalue weighted by Crippen LogP contribution is -2.20. The second-order valence-electron chi connectivity index (χ2n) is 3.53. The van der Waals surface area contributed by atoms with Gasteiger partial charge in [0.1, 0.15) is 0 Å². The zero-order valence-corrected chi connectivity index (χ0v) is 10.4. The standard InChI is InChI=1S/C10H23NO2S/c1-10(11-2)6-4-5-8-14(12)9-7-13-3/h10-11H,4-9H2,1-3H3. The first-order chi connectivity index (χ1) is 6.70. The lowest BCUT2D eigenvalue weighted by atomic mass is 10.1. The maximum Gasteiger partial charge on any atom is 0.0577 e. The van der Waals surface area contributed by atoms with Crippen molar-refractivity contribution in [2.75, 3.05) is 32.3 Å². The monoisotopic (exact) mass is 221 g/mol. The number of hydrogen-bond acceptors (Lipinski definition) is 3. The van der Waals surface area contributed by atoms with Gasteiger partial charge in [0.15, 0.2) is 0 Å². The molecule has 0 heterocycles. The van der Waals surface area contributed by atoms with E-state index in [-0.39, 0.29) is 0 Å². The molecule has 3 nitrogen and oxygen atoms in total. The largest absolute Gasteiger partial charge is 0.384 e. The molecule has 0 amide bonds. The molecule has 86 valence electrons. The van der Waals surface area contributed by atoms with Gasteiger partial charge in [-0.1, -0.05) is 6.42 Å². The summed E-state index contributed by atoms with van der Waals surface area (Å²) in [5, 5.41) is 3.19. The fourth-order valence-electron chi connectivity index (χ4n) is 1.14. The van der Waals surface area contributed by atoms with Crippen LogP contribution in [0.1, 0.15) is 26.2 Å². The van der Waals surface area contributed by atoms with Crippen molar-refractivity contribution in [3.63, 3.8) is 0 Å². The maximum atomic E-state index is 11.3. The molecule has 0 saturated heterocycles. The van der Waals surface area contributed by atoms with Crippen molar-refractivity contribution in [1.82, 2.24) is 5.32 Å². The van der Waals surface area contributed by atoms with Crippen LogP contribution in [0.4, 0.5) is 0 Å². The zero-order valence-electron chi connectivity index (χ0n) is 9.54. The highest BCUT2D eigenvalue weighted by Gasteiger charge is 2.01. The summed E-state index contributed by atoms with van der Waals surface area (Å²) in [6.45, 7) is 2.78. The smallest absolute Gasteiger partial charge is 0.0577 e. The van der Waals surface area contributed by atoms with E-state index in [1.807, 2.05) is 7.05 Å². The molecule has 2 unspecified atom stereocenters. The van der Waals surface area contributed by atoms with Gasteiger partial charge in [0, 0.05) is 35.5 Å². The van der Waals surface area contributed by atoms with Gasteiger partial charge in [0.25, 0.3) is 0 Å². The summed E-state index contributed by atoms with van der Waals surface area (Å²) in [7, 11) is 2.94. The lowest BCUT2D eigenvalue weighted by Gasteiger charge is -2.08. The number of ether oxygens (including phenoxy) is 1. The molecule has 0 aromatic rings. The Bertz CT molecular complexity index is 153. The number of nitrogens with one attached hydrogen (secondary N) is 1. The molecule has 2 atom stereocenters. The Morgan fingerprint density at radius 1 is 1.36 bits per heavy atom. The summed E-state index contributed by atoms with van der Waals surface area (Å²) in [5.41, 5.74) is 0. The van der Waals surface area contributed by atoms with E-state index in [4.69, 9.17) is 4.74 Å². The van der Waals surface area contributed by atoms with Gasteiger partial charge in [-0.15, -0.1) is 0 Å². The minimum Gasteiger partial charge on any atom is -0.384 e. The molecule has 0 aromatic carbocycles. The van der Waals surface area contributed by atoms with Gasteiger partial charge < -0.3 is 10.1 Å². The van der Waals surface area contributed by atoms with Gasteiger partial charge in [-0.05, 0) is 26.8 Å². The Morgan fingerprint density at radius 3 is 2.64 bits per heavy atom. The van der Waals surface area contributed by atoms with E-state index < -0.39 is 10.8 Å². The van der Waals surface area contributed by atoms with Crippen LogP contribution in [0.25, 0.3) is 0 Å². The molecule has 14 heavy (non-hydrogen) atoms. The first-order valence-corrected chi connectivity index (χ1v) is 6.70. The highest BCUT2D eigenvalue weighted by molar-refractivity contribution is 7.84. The molecule has 0 aliphatic carbocycles. The molecule has 0 aliphatic heterocycles. The molecule has 4 heteroatoms. The minimum absolute atomic E-state index is 0.572. The van der Waals surface area contributed by atoms with E-state index in [1.54, 1.807) is 7.11 Å². The molecular weight excluding hydrogens is 198 g/mol. The Hall–Kier alpha value is 0.0700. The number of rotatable bonds is 9. The van der Waals surface area contributed by atoms with Crippen LogP contribution in [-0.4, -0.2) is 42.5 Å². The van der Waals surface area contributed by atoms with Crippen LogP contribution in [0.5, 0.6) is 0 Å². The van der Waals surface area contributed by atoms with Gasteiger partial charge in [0.05, 0.1) is 6.61 Å². The average Bonchev–Trinajstić information content (AvgIpc) is 2.21. The second kappa shape index (κ2) is 9.62. The third-order valence-electron chi connectivity index (χ3n) is 2.27. The summed E-state index contributed by atoms with van der Waals surface area (Å²) >= 11 is 0. The number of methoxy groups -OCH3 is 1. The Morgan fingerprint density at radius 2 is 2.07 bits per heavy atom. The van der Waals surface area contributed by atoms with E-state index in [2.05, 4.69) is 12.2 Å². The fraction of sp³-hybridized carbons (Fsp3) is 1.00. The van der Waals surface area contributed by atoms with Crippen molar-refractivity contribution in [1.29, 1.82) is 0 Å². The first-order valence-electron chi connectivity index (χ1n) is 5.22. The SMILES string of the molecule is CNC(C)CCCCS(=O)CCOC. The van der Waals surface area contributed by atoms with E-state index in [0.29, 0.717) is 18.4 Å². The summed E-state index contributed by atoms with van der Waals surface area (Å²) in [5.74, 6) is 1.50. The van der Waals surface area contributed by atoms with Crippen molar-refractivity contribution in [3.05, 3.63) is 0 Å². The minimum atomic E-state index is -0.682. The Kier molecular flexibility index (Phi) is 9.67. The third-order valence-corrected chi connectivity index (χ3v) is 3.63. The first kappa shape index (κ1) is 14.1. The quantitative estimate of drug-likeness (QED) is 0.594. The molecule has 0 fully saturated rings. The van der Waals surface area contributed by atoms with E-state index >= 15 is 0 Å². The predicted molar refractivity (Wildman–Crippen MR) is 62.1 cm³/mol. The van der Waals surface area contributed by atoms with Crippen LogP contribution < -0.4 is 5.32 Å². The van der Waals surface area contributed by atoms with Gasteiger partial charge in [0.2, 0.25) is 0 Å². The van der Waals surface area contributed by atoms with Crippen molar-refractivity contribution in [2.45, 2.75) is 32.2 Å². The van der Waals surface area contributed by atoms with Crippen molar-refractivity contribution >= 4 is 10.8 Å². The molecule has 0 aliphatic rings. The highest BCUT2D eigenvalue weighted by atomic mass is 32.2. The number of unbranched alkanes of at least 4 members (excludes halogenated alkanes) is 1. The fourth-order valence-corrected chi connectivity index (χ4v) is 2.22. The highest BCUT2D eigenvalue weighted by Crippen LogP contribution is 2.01. The Labute approximate surface area is 90.1 Å². The van der Waals surface area contributed by atoms with E-state index in [0.717, 1.165) is 25.0 Å². The van der Waals surface area contributed by atoms with Gasteiger partial charge in [-0.25, -0.2) is 0 Å². The molecule has 0 aromatic heterocycles. The summed E-state index contributed by atoms with van der Waals surface area (Å²) < 4.78 is 16.2. The molecule has 0 rings (SSSR count). The van der Waals surface area contributed by atoms with Crippen molar-refractivity contribution in [3.8, 4) is 0 Å². The van der Waals surface area contributed by atoms with Crippen LogP contribution in [0.2, 0.25) is 0 Å². The molecular formula is C10H23NO2S.